The Morgan fingerprint density at radius 1 is 1.11 bits per heavy atom. The molecule has 27 heavy (non-hydrogen) atoms. The summed E-state index contributed by atoms with van der Waals surface area (Å²) in [5.74, 6) is 0.660. The number of aromatic nitrogens is 2. The van der Waals surface area contributed by atoms with E-state index in [9.17, 15) is 8.42 Å². The van der Waals surface area contributed by atoms with Gasteiger partial charge in [-0.3, -0.25) is 0 Å². The molecule has 1 aliphatic heterocycles. The van der Waals surface area contributed by atoms with Gasteiger partial charge in [-0.25, -0.2) is 23.4 Å². The first-order chi connectivity index (χ1) is 12.9. The van der Waals surface area contributed by atoms with Crippen LogP contribution in [0.5, 0.6) is 0 Å². The molecule has 0 radical (unpaired) electrons. The maximum absolute atomic E-state index is 12.3. The summed E-state index contributed by atoms with van der Waals surface area (Å²) >= 11 is 1.67. The highest BCUT2D eigenvalue weighted by Crippen LogP contribution is 2.37. The second kappa shape index (κ2) is 6.65. The van der Waals surface area contributed by atoms with Crippen LogP contribution in [0.4, 0.5) is 5.82 Å². The summed E-state index contributed by atoms with van der Waals surface area (Å²) in [5, 5.41) is 3.79. The van der Waals surface area contributed by atoms with Crippen molar-refractivity contribution < 1.29 is 8.42 Å². The third-order valence-corrected chi connectivity index (χ3v) is 7.80. The summed E-state index contributed by atoms with van der Waals surface area (Å²) < 4.78 is 24.6. The standard InChI is InChI=1S/C20H19N3O2S2/c1-12(2)27(24,25)15-6-4-14(5-7-15)18-9-22-20-19(23-18)16(8-21-20)17-11-26-10-13(17)3/h4-12,16H,1-3H3. The Balaban J connectivity index is 1.70. The van der Waals surface area contributed by atoms with E-state index >= 15 is 0 Å². The molecule has 4 rings (SSSR count). The number of aliphatic imine (C=N–C) groups is 1. The van der Waals surface area contributed by atoms with Crippen LogP contribution in [0.1, 0.15) is 36.6 Å². The number of thiophene rings is 1. The molecule has 3 aromatic rings. The number of nitrogens with zero attached hydrogens (tertiary/aromatic N) is 3. The molecule has 0 saturated heterocycles. The Hall–Kier alpha value is -2.38. The minimum atomic E-state index is -3.28. The second-order valence-electron chi connectivity index (χ2n) is 6.85. The van der Waals surface area contributed by atoms with E-state index in [-0.39, 0.29) is 5.92 Å². The van der Waals surface area contributed by atoms with Gasteiger partial charge in [0.2, 0.25) is 0 Å². The van der Waals surface area contributed by atoms with E-state index in [0.29, 0.717) is 16.4 Å². The fourth-order valence-electron chi connectivity index (χ4n) is 3.06. The summed E-state index contributed by atoms with van der Waals surface area (Å²) in [5.41, 5.74) is 4.81. The number of hydrogen-bond acceptors (Lipinski definition) is 6. The number of fused-ring (bicyclic) bond motifs is 1. The number of benzene rings is 1. The van der Waals surface area contributed by atoms with Crippen molar-refractivity contribution in [2.24, 2.45) is 4.99 Å². The lowest BCUT2D eigenvalue weighted by Crippen LogP contribution is -2.13. The molecule has 0 spiro atoms. The van der Waals surface area contributed by atoms with E-state index in [1.807, 2.05) is 6.21 Å². The van der Waals surface area contributed by atoms with Crippen molar-refractivity contribution in [2.75, 3.05) is 0 Å². The van der Waals surface area contributed by atoms with Gasteiger partial charge in [0.05, 0.1) is 33.6 Å². The number of aryl methyl sites for hydroxylation is 1. The number of sulfone groups is 1. The van der Waals surface area contributed by atoms with Crippen LogP contribution in [0.25, 0.3) is 11.3 Å². The van der Waals surface area contributed by atoms with Gasteiger partial charge in [-0.15, -0.1) is 0 Å². The molecule has 5 nitrogen and oxygen atoms in total. The lowest BCUT2D eigenvalue weighted by atomic mass is 9.97. The Morgan fingerprint density at radius 3 is 2.48 bits per heavy atom. The summed E-state index contributed by atoms with van der Waals surface area (Å²) in [6.07, 6.45) is 3.58. The third-order valence-electron chi connectivity index (χ3n) is 4.75. The molecular formula is C20H19N3O2S2. The van der Waals surface area contributed by atoms with Crippen molar-refractivity contribution in [3.8, 4) is 11.3 Å². The van der Waals surface area contributed by atoms with Gasteiger partial charge in [-0.1, -0.05) is 12.1 Å². The van der Waals surface area contributed by atoms with Crippen molar-refractivity contribution in [3.05, 3.63) is 58.0 Å². The van der Waals surface area contributed by atoms with Crippen LogP contribution >= 0.6 is 11.3 Å². The molecule has 0 aliphatic carbocycles. The molecule has 0 N–H and O–H groups in total. The van der Waals surface area contributed by atoms with Crippen molar-refractivity contribution in [1.29, 1.82) is 0 Å². The molecule has 1 atom stereocenters. The Bertz CT molecular complexity index is 1130. The van der Waals surface area contributed by atoms with Gasteiger partial charge >= 0.3 is 0 Å². The SMILES string of the molecule is Cc1cscc1C1C=Nc2ncc(-c3ccc(S(=O)(=O)C(C)C)cc3)nc21. The van der Waals surface area contributed by atoms with Crippen molar-refractivity contribution in [1.82, 2.24) is 9.97 Å². The quantitative estimate of drug-likeness (QED) is 0.648. The van der Waals surface area contributed by atoms with Crippen LogP contribution in [0, 0.1) is 6.92 Å². The molecule has 0 saturated carbocycles. The van der Waals surface area contributed by atoms with Crippen molar-refractivity contribution >= 4 is 33.2 Å². The van der Waals surface area contributed by atoms with Gasteiger partial charge in [-0.2, -0.15) is 11.3 Å². The summed E-state index contributed by atoms with van der Waals surface area (Å²) in [6.45, 7) is 5.45. The van der Waals surface area contributed by atoms with E-state index in [4.69, 9.17) is 4.98 Å². The van der Waals surface area contributed by atoms with Crippen LogP contribution in [0.15, 0.2) is 51.1 Å². The molecule has 0 fully saturated rings. The minimum Gasteiger partial charge on any atom is -0.246 e. The molecule has 138 valence electrons. The van der Waals surface area contributed by atoms with Gasteiger partial charge in [0.25, 0.3) is 0 Å². The fraction of sp³-hybridized carbons (Fsp3) is 0.250. The van der Waals surface area contributed by atoms with Crippen molar-refractivity contribution in [2.45, 2.75) is 36.8 Å². The van der Waals surface area contributed by atoms with Crippen LogP contribution in [0.2, 0.25) is 0 Å². The first-order valence-corrected chi connectivity index (χ1v) is 11.1. The molecule has 0 bridgehead atoms. The Morgan fingerprint density at radius 2 is 1.85 bits per heavy atom. The zero-order valence-corrected chi connectivity index (χ0v) is 16.9. The molecule has 2 aromatic heterocycles. The predicted octanol–water partition coefficient (Wildman–Crippen LogP) is 4.54. The van der Waals surface area contributed by atoms with E-state index in [1.165, 1.54) is 11.1 Å². The molecule has 7 heteroatoms. The normalized spacial score (nSPS) is 16.1. The fourth-order valence-corrected chi connectivity index (χ4v) is 5.01. The van der Waals surface area contributed by atoms with Crippen LogP contribution in [-0.4, -0.2) is 29.9 Å². The highest BCUT2D eigenvalue weighted by molar-refractivity contribution is 7.92. The van der Waals surface area contributed by atoms with Gasteiger partial charge < -0.3 is 0 Å². The van der Waals surface area contributed by atoms with Crippen LogP contribution < -0.4 is 0 Å². The van der Waals surface area contributed by atoms with Gasteiger partial charge in [0.15, 0.2) is 15.7 Å². The van der Waals surface area contributed by atoms with Gasteiger partial charge in [-0.05, 0) is 54.8 Å². The zero-order chi connectivity index (χ0) is 19.2. The predicted molar refractivity (Wildman–Crippen MR) is 109 cm³/mol. The molecule has 3 heterocycles. The van der Waals surface area contributed by atoms with E-state index in [2.05, 4.69) is 27.7 Å². The van der Waals surface area contributed by atoms with Gasteiger partial charge in [0, 0.05) is 11.8 Å². The third kappa shape index (κ3) is 3.11. The average molecular weight is 398 g/mol. The first-order valence-electron chi connectivity index (χ1n) is 8.66. The summed E-state index contributed by atoms with van der Waals surface area (Å²) in [4.78, 5) is 14.0. The maximum atomic E-state index is 12.3. The van der Waals surface area contributed by atoms with E-state index in [0.717, 1.165) is 11.3 Å². The van der Waals surface area contributed by atoms with Crippen molar-refractivity contribution in [3.63, 3.8) is 0 Å². The zero-order valence-electron chi connectivity index (χ0n) is 15.2. The number of hydrogen-bond donors (Lipinski definition) is 0. The molecule has 1 aromatic carbocycles. The highest BCUT2D eigenvalue weighted by Gasteiger charge is 2.26. The molecule has 1 unspecified atom stereocenters. The molecule has 0 amide bonds. The molecule has 1 aliphatic rings. The van der Waals surface area contributed by atoms with E-state index in [1.54, 1.807) is 55.6 Å². The Kier molecular flexibility index (Phi) is 4.44. The second-order valence-corrected chi connectivity index (χ2v) is 10.1. The monoisotopic (exact) mass is 397 g/mol. The maximum Gasteiger partial charge on any atom is 0.180 e. The lowest BCUT2D eigenvalue weighted by Gasteiger charge is -2.11. The highest BCUT2D eigenvalue weighted by atomic mass is 32.2. The summed E-state index contributed by atoms with van der Waals surface area (Å²) in [6, 6.07) is 6.84. The largest absolute Gasteiger partial charge is 0.246 e. The average Bonchev–Trinajstić information content (AvgIpc) is 3.26. The topological polar surface area (TPSA) is 72.3 Å². The minimum absolute atomic E-state index is 0.0132. The van der Waals surface area contributed by atoms with Crippen LogP contribution in [-0.2, 0) is 9.84 Å². The van der Waals surface area contributed by atoms with E-state index < -0.39 is 15.1 Å². The molecular weight excluding hydrogens is 378 g/mol. The van der Waals surface area contributed by atoms with Crippen LogP contribution in [0.3, 0.4) is 0 Å². The number of rotatable bonds is 4. The van der Waals surface area contributed by atoms with Gasteiger partial charge in [0.1, 0.15) is 0 Å². The summed E-state index contributed by atoms with van der Waals surface area (Å²) in [7, 11) is -3.28. The smallest absolute Gasteiger partial charge is 0.180 e. The lowest BCUT2D eigenvalue weighted by molar-refractivity contribution is 0.587. The Labute approximate surface area is 162 Å². The first kappa shape index (κ1) is 18.0.